The van der Waals surface area contributed by atoms with Crippen LogP contribution in [0, 0.1) is 10.1 Å². The van der Waals surface area contributed by atoms with Gasteiger partial charge in [-0.1, -0.05) is 12.1 Å². The van der Waals surface area contributed by atoms with Crippen LogP contribution in [0.4, 0.5) is 5.69 Å². The number of hydrogen-bond acceptors (Lipinski definition) is 4. The highest BCUT2D eigenvalue weighted by Crippen LogP contribution is 2.39. The SMILES string of the molecule is O=C(O)c1cccc2c1C(=O)c1cc([N+](=O)[O-])ccc1-2. The zero-order valence-corrected chi connectivity index (χ0v) is 9.99. The second-order valence-corrected chi connectivity index (χ2v) is 4.35. The number of carbonyl (C=O) groups is 2. The molecule has 3 rings (SSSR count). The van der Waals surface area contributed by atoms with Gasteiger partial charge in [-0.3, -0.25) is 14.9 Å². The van der Waals surface area contributed by atoms with E-state index >= 15 is 0 Å². The fraction of sp³-hybridized carbons (Fsp3) is 0. The van der Waals surface area contributed by atoms with Crippen LogP contribution >= 0.6 is 0 Å². The van der Waals surface area contributed by atoms with Gasteiger partial charge in [-0.25, -0.2) is 4.79 Å². The maximum atomic E-state index is 12.3. The van der Waals surface area contributed by atoms with Crippen LogP contribution in [0.2, 0.25) is 0 Å². The van der Waals surface area contributed by atoms with Crippen LogP contribution in [-0.4, -0.2) is 21.8 Å². The highest BCUT2D eigenvalue weighted by atomic mass is 16.6. The molecule has 0 aromatic heterocycles. The van der Waals surface area contributed by atoms with Crippen LogP contribution in [0.3, 0.4) is 0 Å². The number of nitro groups is 1. The van der Waals surface area contributed by atoms with Crippen LogP contribution in [0.15, 0.2) is 36.4 Å². The molecule has 0 saturated carbocycles. The van der Waals surface area contributed by atoms with Crippen molar-refractivity contribution in [2.75, 3.05) is 0 Å². The minimum Gasteiger partial charge on any atom is -0.478 e. The topological polar surface area (TPSA) is 97.5 Å². The van der Waals surface area contributed by atoms with Gasteiger partial charge in [0.05, 0.1) is 10.5 Å². The molecule has 6 heteroatoms. The lowest BCUT2D eigenvalue weighted by molar-refractivity contribution is -0.384. The molecule has 0 saturated heterocycles. The lowest BCUT2D eigenvalue weighted by atomic mass is 10.0. The maximum Gasteiger partial charge on any atom is 0.336 e. The predicted molar refractivity (Wildman–Crippen MR) is 68.9 cm³/mol. The Kier molecular flexibility index (Phi) is 2.40. The Morgan fingerprint density at radius 2 is 1.85 bits per heavy atom. The highest BCUT2D eigenvalue weighted by molar-refractivity contribution is 6.25. The largest absolute Gasteiger partial charge is 0.478 e. The molecule has 1 aliphatic rings. The number of carbonyl (C=O) groups excluding carboxylic acids is 1. The van der Waals surface area contributed by atoms with E-state index in [1.165, 1.54) is 24.3 Å². The van der Waals surface area contributed by atoms with Crippen LogP contribution in [0.1, 0.15) is 26.3 Å². The predicted octanol–water partition coefficient (Wildman–Crippen LogP) is 2.50. The first-order valence-corrected chi connectivity index (χ1v) is 5.70. The van der Waals surface area contributed by atoms with Gasteiger partial charge in [0.1, 0.15) is 0 Å². The van der Waals surface area contributed by atoms with E-state index in [2.05, 4.69) is 0 Å². The Morgan fingerprint density at radius 3 is 2.50 bits per heavy atom. The van der Waals surface area contributed by atoms with E-state index in [9.17, 15) is 19.7 Å². The van der Waals surface area contributed by atoms with Crippen molar-refractivity contribution in [3.05, 3.63) is 63.2 Å². The molecule has 6 nitrogen and oxygen atoms in total. The summed E-state index contributed by atoms with van der Waals surface area (Å²) in [5.74, 6) is -1.69. The summed E-state index contributed by atoms with van der Waals surface area (Å²) in [5, 5.41) is 19.9. The molecule has 0 heterocycles. The number of carboxylic acid groups (broad SMARTS) is 1. The van der Waals surface area contributed by atoms with Crippen LogP contribution in [-0.2, 0) is 0 Å². The minimum atomic E-state index is -1.20. The van der Waals surface area contributed by atoms with Gasteiger partial charge in [0, 0.05) is 23.3 Å². The number of rotatable bonds is 2. The Hall–Kier alpha value is -3.02. The van der Waals surface area contributed by atoms with Gasteiger partial charge in [0.2, 0.25) is 0 Å². The molecule has 0 fully saturated rings. The van der Waals surface area contributed by atoms with Gasteiger partial charge in [-0.15, -0.1) is 0 Å². The molecule has 98 valence electrons. The lowest BCUT2D eigenvalue weighted by Gasteiger charge is -2.02. The normalized spacial score (nSPS) is 11.9. The maximum absolute atomic E-state index is 12.3. The average Bonchev–Trinajstić information content (AvgIpc) is 2.72. The molecule has 2 aromatic rings. The molecule has 0 aliphatic heterocycles. The molecule has 20 heavy (non-hydrogen) atoms. The molecule has 1 aliphatic carbocycles. The number of ketones is 1. The molecule has 0 bridgehead atoms. The van der Waals surface area contributed by atoms with Crippen molar-refractivity contribution in [1.82, 2.24) is 0 Å². The zero-order valence-electron chi connectivity index (χ0n) is 9.99. The second kappa shape index (κ2) is 3.99. The first-order valence-electron chi connectivity index (χ1n) is 5.70. The van der Waals surface area contributed by atoms with E-state index < -0.39 is 16.7 Å². The van der Waals surface area contributed by atoms with Crippen molar-refractivity contribution in [1.29, 1.82) is 0 Å². The summed E-state index contributed by atoms with van der Waals surface area (Å²) in [5.41, 5.74) is 1.00. The molecule has 0 amide bonds. The third kappa shape index (κ3) is 1.51. The molecule has 0 atom stereocenters. The van der Waals surface area contributed by atoms with Crippen molar-refractivity contribution in [2.45, 2.75) is 0 Å². The summed E-state index contributed by atoms with van der Waals surface area (Å²) in [4.78, 5) is 33.6. The summed E-state index contributed by atoms with van der Waals surface area (Å²) < 4.78 is 0. The summed E-state index contributed by atoms with van der Waals surface area (Å²) in [7, 11) is 0. The molecular formula is C14H7NO5. The number of hydrogen-bond donors (Lipinski definition) is 1. The van der Waals surface area contributed by atoms with Gasteiger partial charge in [-0.05, 0) is 23.3 Å². The Labute approximate surface area is 112 Å². The van der Waals surface area contributed by atoms with Crippen molar-refractivity contribution in [3.63, 3.8) is 0 Å². The number of aromatic carboxylic acids is 1. The van der Waals surface area contributed by atoms with E-state index in [0.717, 1.165) is 0 Å². The first kappa shape index (κ1) is 12.0. The van der Waals surface area contributed by atoms with E-state index in [0.29, 0.717) is 11.1 Å². The number of nitro benzene ring substituents is 1. The van der Waals surface area contributed by atoms with Gasteiger partial charge in [0.15, 0.2) is 5.78 Å². The Balaban J connectivity index is 2.29. The van der Waals surface area contributed by atoms with E-state index in [1.807, 2.05) is 0 Å². The van der Waals surface area contributed by atoms with Crippen LogP contribution < -0.4 is 0 Å². The summed E-state index contributed by atoms with van der Waals surface area (Å²) >= 11 is 0. The number of benzene rings is 2. The highest BCUT2D eigenvalue weighted by Gasteiger charge is 2.32. The molecule has 0 unspecified atom stereocenters. The smallest absolute Gasteiger partial charge is 0.336 e. The molecule has 2 aromatic carbocycles. The van der Waals surface area contributed by atoms with E-state index in [1.54, 1.807) is 12.1 Å². The average molecular weight is 269 g/mol. The number of fused-ring (bicyclic) bond motifs is 3. The zero-order chi connectivity index (χ0) is 14.4. The lowest BCUT2D eigenvalue weighted by Crippen LogP contribution is -2.06. The third-order valence-corrected chi connectivity index (χ3v) is 3.27. The standard InChI is InChI=1S/C14H7NO5/c16-13-11-6-7(15(19)20)4-5-8(11)9-2-1-3-10(12(9)13)14(17)18/h1-6H,(H,17,18). The fourth-order valence-corrected chi connectivity index (χ4v) is 2.40. The molecule has 0 spiro atoms. The molecule has 0 radical (unpaired) electrons. The van der Waals surface area contributed by atoms with Gasteiger partial charge < -0.3 is 5.11 Å². The second-order valence-electron chi connectivity index (χ2n) is 4.35. The third-order valence-electron chi connectivity index (χ3n) is 3.27. The summed E-state index contributed by atoms with van der Waals surface area (Å²) in [6, 6.07) is 8.49. The quantitative estimate of drug-likeness (QED) is 0.569. The van der Waals surface area contributed by atoms with Crippen LogP contribution in [0.25, 0.3) is 11.1 Å². The fourth-order valence-electron chi connectivity index (χ4n) is 2.40. The monoisotopic (exact) mass is 269 g/mol. The van der Waals surface area contributed by atoms with Gasteiger partial charge in [0.25, 0.3) is 5.69 Å². The van der Waals surface area contributed by atoms with E-state index in [4.69, 9.17) is 5.11 Å². The summed E-state index contributed by atoms with van der Waals surface area (Å²) in [6.07, 6.45) is 0. The Bertz CT molecular complexity index is 794. The molecular weight excluding hydrogens is 262 g/mol. The van der Waals surface area contributed by atoms with E-state index in [-0.39, 0.29) is 22.4 Å². The first-order chi connectivity index (χ1) is 9.50. The number of carboxylic acids is 1. The van der Waals surface area contributed by atoms with Gasteiger partial charge >= 0.3 is 5.97 Å². The van der Waals surface area contributed by atoms with Crippen molar-refractivity contribution < 1.29 is 19.6 Å². The number of non-ortho nitro benzene ring substituents is 1. The minimum absolute atomic E-state index is 0.0913. The van der Waals surface area contributed by atoms with Crippen molar-refractivity contribution in [3.8, 4) is 11.1 Å². The number of nitrogens with zero attached hydrogens (tertiary/aromatic N) is 1. The van der Waals surface area contributed by atoms with Crippen molar-refractivity contribution in [2.24, 2.45) is 0 Å². The molecule has 1 N–H and O–H groups in total. The summed E-state index contributed by atoms with van der Waals surface area (Å²) in [6.45, 7) is 0. The van der Waals surface area contributed by atoms with Crippen LogP contribution in [0.5, 0.6) is 0 Å². The Morgan fingerprint density at radius 1 is 1.10 bits per heavy atom. The van der Waals surface area contributed by atoms with Gasteiger partial charge in [-0.2, -0.15) is 0 Å². The van der Waals surface area contributed by atoms with Crippen molar-refractivity contribution >= 4 is 17.4 Å².